The molecule has 3 N–H and O–H groups in total. The molecule has 3 aliphatic rings. The number of benzene rings is 1. The lowest BCUT2D eigenvalue weighted by atomic mass is 9.71. The van der Waals surface area contributed by atoms with Crippen molar-refractivity contribution >= 4 is 28.7 Å². The first kappa shape index (κ1) is 26.2. The lowest BCUT2D eigenvalue weighted by molar-refractivity contribution is -0.143. The standard InChI is InChI=1S/C28H35N3O7/c1-17-11-21(26-19-6-4-7-20(19)27(35)38-22(26)12-17)37-16-24(33)29-13-23(32)30-14-25(34)31-10-9-28(36)8-3-2-5-18(28)15-31/h11-12,18,36H,2-10,13-16H2,1H3,(H,29,33)(H,30,32). The van der Waals surface area contributed by atoms with E-state index >= 15 is 0 Å². The third-order valence-corrected chi connectivity index (χ3v) is 8.20. The Bertz CT molecular complexity index is 1320. The Morgan fingerprint density at radius 1 is 1.08 bits per heavy atom. The monoisotopic (exact) mass is 525 g/mol. The summed E-state index contributed by atoms with van der Waals surface area (Å²) in [5.74, 6) is -0.586. The quantitative estimate of drug-likeness (QED) is 0.464. The highest BCUT2D eigenvalue weighted by Gasteiger charge is 2.43. The maximum Gasteiger partial charge on any atom is 0.339 e. The van der Waals surface area contributed by atoms with Gasteiger partial charge in [0.05, 0.1) is 24.1 Å². The molecule has 1 aliphatic heterocycles. The minimum atomic E-state index is -0.664. The molecular formula is C28H35N3O7. The molecule has 1 aromatic carbocycles. The highest BCUT2D eigenvalue weighted by Crippen LogP contribution is 2.39. The largest absolute Gasteiger partial charge is 0.483 e. The first-order valence-electron chi connectivity index (χ1n) is 13.5. The van der Waals surface area contributed by atoms with Gasteiger partial charge < -0.3 is 29.8 Å². The SMILES string of the molecule is Cc1cc(OCC(=O)NCC(=O)NCC(=O)N2CCC3(O)CCCCC3C2)c2c3c(c(=O)oc2c1)CCC3. The number of hydrogen-bond donors (Lipinski definition) is 3. The number of nitrogens with one attached hydrogen (secondary N) is 2. The van der Waals surface area contributed by atoms with Crippen molar-refractivity contribution in [1.82, 2.24) is 15.5 Å². The number of carbonyl (C=O) groups is 3. The summed E-state index contributed by atoms with van der Waals surface area (Å²) in [6.07, 6.45) is 6.64. The molecular weight excluding hydrogens is 490 g/mol. The number of nitrogens with zero attached hydrogens (tertiary/aromatic N) is 1. The number of rotatable bonds is 7. The van der Waals surface area contributed by atoms with Gasteiger partial charge in [0.2, 0.25) is 11.8 Å². The van der Waals surface area contributed by atoms with Crippen molar-refractivity contribution in [3.05, 3.63) is 39.2 Å². The van der Waals surface area contributed by atoms with E-state index in [1.54, 1.807) is 17.0 Å². The van der Waals surface area contributed by atoms with Crippen LogP contribution in [0.5, 0.6) is 5.75 Å². The number of piperidine rings is 1. The number of aryl methyl sites for hydroxylation is 2. The fraction of sp³-hybridized carbons (Fsp3) is 0.571. The molecule has 38 heavy (non-hydrogen) atoms. The number of aliphatic hydroxyl groups is 1. The van der Waals surface area contributed by atoms with E-state index in [0.717, 1.165) is 55.0 Å². The molecule has 2 unspecified atom stereocenters. The van der Waals surface area contributed by atoms with Crippen LogP contribution >= 0.6 is 0 Å². The van der Waals surface area contributed by atoms with Gasteiger partial charge in [-0.3, -0.25) is 14.4 Å². The van der Waals surface area contributed by atoms with Crippen LogP contribution in [-0.4, -0.2) is 66.1 Å². The lowest BCUT2D eigenvalue weighted by Gasteiger charge is -2.47. The van der Waals surface area contributed by atoms with E-state index in [1.165, 1.54) is 0 Å². The fourth-order valence-electron chi connectivity index (χ4n) is 6.14. The molecule has 10 heteroatoms. The smallest absolute Gasteiger partial charge is 0.339 e. The van der Waals surface area contributed by atoms with Crippen LogP contribution in [-0.2, 0) is 27.2 Å². The molecule has 2 aliphatic carbocycles. The average molecular weight is 526 g/mol. The van der Waals surface area contributed by atoms with E-state index in [2.05, 4.69) is 10.6 Å². The van der Waals surface area contributed by atoms with Gasteiger partial charge in [0, 0.05) is 24.6 Å². The van der Waals surface area contributed by atoms with Crippen molar-refractivity contribution < 1.29 is 28.6 Å². The molecule has 1 aromatic heterocycles. The minimum Gasteiger partial charge on any atom is -0.483 e. The fourth-order valence-corrected chi connectivity index (χ4v) is 6.14. The van der Waals surface area contributed by atoms with Crippen LogP contribution in [0, 0.1) is 12.8 Å². The third-order valence-electron chi connectivity index (χ3n) is 8.20. The van der Waals surface area contributed by atoms with Gasteiger partial charge >= 0.3 is 5.63 Å². The number of ether oxygens (including phenoxy) is 1. The average Bonchev–Trinajstić information content (AvgIpc) is 3.39. The minimum absolute atomic E-state index is 0.0894. The predicted molar refractivity (Wildman–Crippen MR) is 139 cm³/mol. The van der Waals surface area contributed by atoms with Crippen LogP contribution in [0.2, 0.25) is 0 Å². The van der Waals surface area contributed by atoms with Crippen LogP contribution in [0.1, 0.15) is 55.2 Å². The number of likely N-dealkylation sites (tertiary alicyclic amines) is 1. The van der Waals surface area contributed by atoms with Gasteiger partial charge in [0.25, 0.3) is 5.91 Å². The van der Waals surface area contributed by atoms with Gasteiger partial charge in [-0.05, 0) is 68.7 Å². The molecule has 1 saturated heterocycles. The molecule has 5 rings (SSSR count). The molecule has 2 aromatic rings. The second-order valence-electron chi connectivity index (χ2n) is 10.8. The van der Waals surface area contributed by atoms with Crippen LogP contribution in [0.15, 0.2) is 21.3 Å². The molecule has 2 fully saturated rings. The van der Waals surface area contributed by atoms with Crippen LogP contribution in [0.4, 0.5) is 0 Å². The van der Waals surface area contributed by atoms with Crippen molar-refractivity contribution in [1.29, 1.82) is 0 Å². The summed E-state index contributed by atoms with van der Waals surface area (Å²) in [6, 6.07) is 3.59. The van der Waals surface area contributed by atoms with Crippen LogP contribution in [0.3, 0.4) is 0 Å². The van der Waals surface area contributed by atoms with Gasteiger partial charge in [0.1, 0.15) is 11.3 Å². The summed E-state index contributed by atoms with van der Waals surface area (Å²) < 4.78 is 11.3. The Balaban J connectivity index is 1.09. The number of amides is 3. The third kappa shape index (κ3) is 5.41. The van der Waals surface area contributed by atoms with Gasteiger partial charge in [-0.25, -0.2) is 4.79 Å². The van der Waals surface area contributed by atoms with Gasteiger partial charge in [0.15, 0.2) is 6.61 Å². The van der Waals surface area contributed by atoms with Crippen molar-refractivity contribution in [3.8, 4) is 5.75 Å². The van der Waals surface area contributed by atoms with E-state index < -0.39 is 17.4 Å². The zero-order chi connectivity index (χ0) is 26.9. The van der Waals surface area contributed by atoms with E-state index in [9.17, 15) is 24.3 Å². The van der Waals surface area contributed by atoms with Crippen LogP contribution in [0.25, 0.3) is 11.0 Å². The number of carbonyl (C=O) groups excluding carboxylic acids is 3. The summed E-state index contributed by atoms with van der Waals surface area (Å²) in [5, 5.41) is 16.6. The topological polar surface area (TPSA) is 138 Å². The first-order chi connectivity index (χ1) is 18.2. The Kier molecular flexibility index (Phi) is 7.43. The molecule has 10 nitrogen and oxygen atoms in total. The molecule has 0 radical (unpaired) electrons. The van der Waals surface area contributed by atoms with Crippen molar-refractivity contribution in [2.75, 3.05) is 32.8 Å². The molecule has 1 saturated carbocycles. The van der Waals surface area contributed by atoms with Crippen molar-refractivity contribution in [2.45, 2.75) is 63.9 Å². The molecule has 3 amide bonds. The lowest BCUT2D eigenvalue weighted by Crippen LogP contribution is -2.56. The zero-order valence-electron chi connectivity index (χ0n) is 21.8. The summed E-state index contributed by atoms with van der Waals surface area (Å²) in [4.78, 5) is 51.2. The van der Waals surface area contributed by atoms with Gasteiger partial charge in [-0.2, -0.15) is 0 Å². The Morgan fingerprint density at radius 2 is 1.87 bits per heavy atom. The van der Waals surface area contributed by atoms with E-state index in [1.807, 2.05) is 6.92 Å². The van der Waals surface area contributed by atoms with Crippen molar-refractivity contribution in [2.24, 2.45) is 5.92 Å². The molecule has 0 bridgehead atoms. The summed E-state index contributed by atoms with van der Waals surface area (Å²) >= 11 is 0. The maximum absolute atomic E-state index is 12.6. The summed E-state index contributed by atoms with van der Waals surface area (Å²) in [6.45, 7) is 2.11. The Labute approximate surface area is 220 Å². The highest BCUT2D eigenvalue weighted by atomic mass is 16.5. The van der Waals surface area contributed by atoms with Crippen LogP contribution < -0.4 is 21.0 Å². The molecule has 2 atom stereocenters. The van der Waals surface area contributed by atoms with E-state index in [0.29, 0.717) is 42.8 Å². The first-order valence-corrected chi connectivity index (χ1v) is 13.5. The van der Waals surface area contributed by atoms with E-state index in [4.69, 9.17) is 9.15 Å². The number of hydrogen-bond acceptors (Lipinski definition) is 7. The maximum atomic E-state index is 12.6. The van der Waals surface area contributed by atoms with Gasteiger partial charge in [-0.15, -0.1) is 0 Å². The Hall–Kier alpha value is -3.40. The molecule has 2 heterocycles. The van der Waals surface area contributed by atoms with Crippen molar-refractivity contribution in [3.63, 3.8) is 0 Å². The van der Waals surface area contributed by atoms with Gasteiger partial charge in [-0.1, -0.05) is 12.8 Å². The second kappa shape index (κ2) is 10.8. The Morgan fingerprint density at radius 3 is 2.71 bits per heavy atom. The number of fused-ring (bicyclic) bond motifs is 4. The normalized spacial score (nSPS) is 22.5. The summed E-state index contributed by atoms with van der Waals surface area (Å²) in [7, 11) is 0. The second-order valence-corrected chi connectivity index (χ2v) is 10.8. The predicted octanol–water partition coefficient (Wildman–Crippen LogP) is 1.35. The summed E-state index contributed by atoms with van der Waals surface area (Å²) in [5.41, 5.74) is 1.87. The van der Waals surface area contributed by atoms with E-state index in [-0.39, 0.29) is 37.1 Å². The highest BCUT2D eigenvalue weighted by molar-refractivity contribution is 5.90. The molecule has 204 valence electrons. The molecule has 0 spiro atoms. The zero-order valence-corrected chi connectivity index (χ0v) is 21.8.